The summed E-state index contributed by atoms with van der Waals surface area (Å²) in [5.41, 5.74) is 13.0. The Morgan fingerprint density at radius 3 is 1.93 bits per heavy atom. The van der Waals surface area contributed by atoms with Crippen LogP contribution in [0.4, 0.5) is 0 Å². The highest BCUT2D eigenvalue weighted by atomic mass is 16.5. The van der Waals surface area contributed by atoms with Gasteiger partial charge in [-0.25, -0.2) is 4.98 Å². The van der Waals surface area contributed by atoms with E-state index >= 15 is 0 Å². The largest absolute Gasteiger partial charge is 0.458 e. The van der Waals surface area contributed by atoms with Crippen LogP contribution in [0.15, 0.2) is 182 Å². The minimum absolute atomic E-state index is 0.0759. The Balaban J connectivity index is 1.08. The summed E-state index contributed by atoms with van der Waals surface area (Å²) in [4.78, 5) is 4.97. The Hall–Kier alpha value is -7.57. The van der Waals surface area contributed by atoms with Crippen LogP contribution in [0.3, 0.4) is 0 Å². The molecule has 0 amide bonds. The van der Waals surface area contributed by atoms with Crippen LogP contribution in [0.1, 0.15) is 83.2 Å². The van der Waals surface area contributed by atoms with Gasteiger partial charge in [-0.1, -0.05) is 183 Å². The van der Waals surface area contributed by atoms with Crippen LogP contribution in [-0.4, -0.2) is 19.3 Å². The van der Waals surface area contributed by atoms with Gasteiger partial charge in [-0.2, -0.15) is 4.68 Å². The smallest absolute Gasteiger partial charge is 0.232 e. The predicted octanol–water partition coefficient (Wildman–Crippen LogP) is 14.8. The summed E-state index contributed by atoms with van der Waals surface area (Å²) >= 11 is 0. The Morgan fingerprint density at radius 1 is 0.537 bits per heavy atom. The molecule has 0 aliphatic heterocycles. The van der Waals surface area contributed by atoms with Crippen molar-refractivity contribution in [1.82, 2.24) is 19.3 Å². The number of fused-ring (bicyclic) bond motifs is 3. The molecule has 332 valence electrons. The van der Waals surface area contributed by atoms with E-state index in [1.165, 1.54) is 22.3 Å². The summed E-state index contributed by atoms with van der Waals surface area (Å²) in [6, 6.07) is 62.0. The fourth-order valence-electron chi connectivity index (χ4n) is 9.22. The van der Waals surface area contributed by atoms with Gasteiger partial charge in [0.1, 0.15) is 17.3 Å². The third kappa shape index (κ3) is 8.22. The second-order valence-electron chi connectivity index (χ2n) is 20.3. The molecule has 10 rings (SSSR count). The summed E-state index contributed by atoms with van der Waals surface area (Å²) in [5.74, 6) is 3.07. The number of para-hydroxylation sites is 1. The average molecular weight is 876 g/mol. The number of nitrogens with zero attached hydrogens (tertiary/aromatic N) is 5. The molecule has 3 aromatic heterocycles. The Labute approximate surface area is 394 Å². The number of rotatable bonds is 9. The number of aryl methyl sites for hydroxylation is 1. The Morgan fingerprint density at radius 2 is 1.19 bits per heavy atom. The van der Waals surface area contributed by atoms with Gasteiger partial charge in [0.25, 0.3) is 0 Å². The van der Waals surface area contributed by atoms with Crippen molar-refractivity contribution in [3.63, 3.8) is 0 Å². The molecule has 0 atom stereocenters. The van der Waals surface area contributed by atoms with E-state index in [9.17, 15) is 0 Å². The number of hydrogen-bond acceptors (Lipinski definition) is 3. The lowest BCUT2D eigenvalue weighted by Gasteiger charge is -2.27. The van der Waals surface area contributed by atoms with Crippen molar-refractivity contribution >= 4 is 21.8 Å². The van der Waals surface area contributed by atoms with Crippen molar-refractivity contribution < 1.29 is 9.30 Å². The SMILES string of the molecule is Cc1cccc(-c2ccccc2)c1-c1nn(-c2cccc(Oc3ccc4c5ccccc5n(-c5cc(C(C)(C)c6ccccc6)ccn5)c4c3)c2)[c-][n+]1-c1cc(C(C)(C)C)cc(C(C)(C)C)c1. The minimum atomic E-state index is -0.223. The van der Waals surface area contributed by atoms with Gasteiger partial charge < -0.3 is 9.30 Å². The van der Waals surface area contributed by atoms with Crippen LogP contribution in [0.5, 0.6) is 11.5 Å². The van der Waals surface area contributed by atoms with E-state index in [1.54, 1.807) is 0 Å². The second-order valence-corrected chi connectivity index (χ2v) is 20.3. The first-order valence-electron chi connectivity index (χ1n) is 23.2. The van der Waals surface area contributed by atoms with Gasteiger partial charge in [-0.3, -0.25) is 4.57 Å². The quantitative estimate of drug-likeness (QED) is 0.107. The molecule has 6 heteroatoms. The Kier molecular flexibility index (Phi) is 10.8. The van der Waals surface area contributed by atoms with Gasteiger partial charge in [0.15, 0.2) is 0 Å². The maximum atomic E-state index is 6.78. The molecular weight excluding hydrogens is 819 g/mol. The van der Waals surface area contributed by atoms with Crippen LogP contribution >= 0.6 is 0 Å². The van der Waals surface area contributed by atoms with Gasteiger partial charge in [-0.05, 0) is 104 Å². The van der Waals surface area contributed by atoms with E-state index in [4.69, 9.17) is 14.8 Å². The molecule has 6 nitrogen and oxygen atoms in total. The first-order valence-corrected chi connectivity index (χ1v) is 23.2. The summed E-state index contributed by atoms with van der Waals surface area (Å²) in [7, 11) is 0. The number of ether oxygens (including phenoxy) is 1. The molecule has 0 saturated carbocycles. The lowest BCUT2D eigenvalue weighted by molar-refractivity contribution is -0.589. The normalized spacial score (nSPS) is 12.3. The van der Waals surface area contributed by atoms with E-state index in [-0.39, 0.29) is 16.2 Å². The first kappa shape index (κ1) is 43.3. The van der Waals surface area contributed by atoms with Crippen molar-refractivity contribution in [2.75, 3.05) is 0 Å². The molecule has 0 fully saturated rings. The molecule has 3 heterocycles. The van der Waals surface area contributed by atoms with Gasteiger partial charge in [0, 0.05) is 39.7 Å². The van der Waals surface area contributed by atoms with Crippen LogP contribution in [0, 0.1) is 13.3 Å². The van der Waals surface area contributed by atoms with Gasteiger partial charge in [0.05, 0.1) is 16.7 Å². The van der Waals surface area contributed by atoms with E-state index in [2.05, 4.69) is 236 Å². The standard InChI is InChI=1S/C61H57N5O/c1-41-20-18-28-51(42-21-12-10-13-22-42)57(41)58-63-65(40-64(58)48-35-45(59(2,3)4)34-46(36-48)60(5,6)7)47-25-19-26-49(38-47)67-50-30-31-53-52-27-16-17-29-54(52)66(55(53)39-50)56-37-44(32-33-62-56)61(8,9)43-23-14-11-15-24-43/h10-39H,1-9H3. The molecule has 0 bridgehead atoms. The zero-order valence-electron chi connectivity index (χ0n) is 40.0. The van der Waals surface area contributed by atoms with Crippen molar-refractivity contribution in [3.8, 4) is 51.2 Å². The van der Waals surface area contributed by atoms with Gasteiger partial charge in [-0.15, -0.1) is 0 Å². The zero-order valence-corrected chi connectivity index (χ0v) is 40.0. The lowest BCUT2D eigenvalue weighted by atomic mass is 9.78. The first-order chi connectivity index (χ1) is 32.1. The summed E-state index contributed by atoms with van der Waals surface area (Å²) in [6.45, 7) is 20.4. The zero-order chi connectivity index (χ0) is 46.7. The van der Waals surface area contributed by atoms with E-state index in [0.29, 0.717) is 5.75 Å². The molecule has 0 saturated heterocycles. The molecule has 0 aliphatic carbocycles. The third-order valence-corrected chi connectivity index (χ3v) is 13.2. The van der Waals surface area contributed by atoms with E-state index < -0.39 is 0 Å². The second kappa shape index (κ2) is 16.7. The van der Waals surface area contributed by atoms with Crippen molar-refractivity contribution in [1.29, 1.82) is 0 Å². The molecule has 0 aliphatic rings. The van der Waals surface area contributed by atoms with E-state index in [1.807, 2.05) is 29.1 Å². The Bertz CT molecular complexity index is 3400. The third-order valence-electron chi connectivity index (χ3n) is 13.2. The topological polar surface area (TPSA) is 48.8 Å². The van der Waals surface area contributed by atoms with Crippen molar-refractivity contribution in [2.24, 2.45) is 0 Å². The molecule has 0 spiro atoms. The molecule has 10 aromatic rings. The number of hydrogen-bond donors (Lipinski definition) is 0. The number of aromatic nitrogens is 5. The van der Waals surface area contributed by atoms with Crippen LogP contribution in [0.2, 0.25) is 0 Å². The summed E-state index contributed by atoms with van der Waals surface area (Å²) in [6.07, 6.45) is 5.64. The molecule has 0 radical (unpaired) electrons. The summed E-state index contributed by atoms with van der Waals surface area (Å²) in [5, 5.41) is 7.71. The molecule has 7 aromatic carbocycles. The maximum absolute atomic E-state index is 6.78. The monoisotopic (exact) mass is 875 g/mol. The predicted molar refractivity (Wildman–Crippen MR) is 274 cm³/mol. The maximum Gasteiger partial charge on any atom is 0.232 e. The fourth-order valence-corrected chi connectivity index (χ4v) is 9.22. The van der Waals surface area contributed by atoms with Gasteiger partial charge in [0.2, 0.25) is 12.2 Å². The molecule has 0 unspecified atom stereocenters. The van der Waals surface area contributed by atoms with Gasteiger partial charge >= 0.3 is 0 Å². The van der Waals surface area contributed by atoms with Crippen molar-refractivity contribution in [2.45, 2.75) is 78.6 Å². The molecule has 0 N–H and O–H groups in total. The van der Waals surface area contributed by atoms with E-state index in [0.717, 1.165) is 72.8 Å². The fraction of sp³-hybridized carbons (Fsp3) is 0.197. The van der Waals surface area contributed by atoms with Crippen molar-refractivity contribution in [3.05, 3.63) is 216 Å². The van der Waals surface area contributed by atoms with Crippen LogP contribution in [-0.2, 0) is 16.2 Å². The highest BCUT2D eigenvalue weighted by Crippen LogP contribution is 2.39. The number of pyridine rings is 1. The molecular formula is C61H57N5O. The molecule has 67 heavy (non-hydrogen) atoms. The van der Waals surface area contributed by atoms with Crippen LogP contribution in [0.25, 0.3) is 61.5 Å². The average Bonchev–Trinajstić information content (AvgIpc) is 3.91. The van der Waals surface area contributed by atoms with Crippen LogP contribution < -0.4 is 9.30 Å². The number of benzene rings is 7. The minimum Gasteiger partial charge on any atom is -0.458 e. The summed E-state index contributed by atoms with van der Waals surface area (Å²) < 4.78 is 13.0. The highest BCUT2D eigenvalue weighted by molar-refractivity contribution is 6.09. The lowest BCUT2D eigenvalue weighted by Crippen LogP contribution is -2.33. The highest BCUT2D eigenvalue weighted by Gasteiger charge is 2.27.